The molecule has 90 valence electrons. The Kier molecular flexibility index (Phi) is 2.75. The summed E-state index contributed by atoms with van der Waals surface area (Å²) in [5.41, 5.74) is 1.88. The summed E-state index contributed by atoms with van der Waals surface area (Å²) in [6, 6.07) is 20.4. The van der Waals surface area contributed by atoms with Crippen molar-refractivity contribution < 1.29 is 4.79 Å². The van der Waals surface area contributed by atoms with Crippen molar-refractivity contribution in [2.75, 3.05) is 0 Å². The number of hydrogen-bond donors (Lipinski definition) is 0. The molecule has 0 unspecified atom stereocenters. The second-order valence-electron chi connectivity index (χ2n) is 4.91. The Morgan fingerprint density at radius 1 is 0.778 bits per heavy atom. The van der Waals surface area contributed by atoms with Crippen LogP contribution in [0.4, 0.5) is 0 Å². The molecule has 1 aliphatic carbocycles. The molecule has 1 aliphatic rings. The molecule has 2 aromatic carbocycles. The summed E-state index contributed by atoms with van der Waals surface area (Å²) in [7, 11) is 0. The van der Waals surface area contributed by atoms with Crippen LogP contribution in [0.15, 0.2) is 60.7 Å². The second kappa shape index (κ2) is 4.41. The van der Waals surface area contributed by atoms with Crippen molar-refractivity contribution in [1.82, 2.24) is 0 Å². The van der Waals surface area contributed by atoms with Crippen LogP contribution < -0.4 is 0 Å². The van der Waals surface area contributed by atoms with Crippen molar-refractivity contribution in [3.8, 4) is 0 Å². The van der Waals surface area contributed by atoms with Crippen molar-refractivity contribution in [1.29, 1.82) is 0 Å². The van der Waals surface area contributed by atoms with E-state index in [4.69, 9.17) is 0 Å². The Balaban J connectivity index is 2.20. The highest BCUT2D eigenvalue weighted by Gasteiger charge is 2.44. The third kappa shape index (κ3) is 1.59. The first-order valence-electron chi connectivity index (χ1n) is 6.48. The van der Waals surface area contributed by atoms with E-state index in [0.29, 0.717) is 12.2 Å². The predicted molar refractivity (Wildman–Crippen MR) is 72.5 cm³/mol. The zero-order chi connectivity index (χ0) is 12.4. The van der Waals surface area contributed by atoms with Gasteiger partial charge in [0.1, 0.15) is 5.78 Å². The maximum atomic E-state index is 12.5. The van der Waals surface area contributed by atoms with Crippen LogP contribution in [-0.4, -0.2) is 5.78 Å². The molecule has 0 radical (unpaired) electrons. The van der Waals surface area contributed by atoms with Gasteiger partial charge < -0.3 is 0 Å². The molecule has 0 N–H and O–H groups in total. The minimum Gasteiger partial charge on any atom is -0.298 e. The Labute approximate surface area is 107 Å². The third-order valence-corrected chi connectivity index (χ3v) is 3.96. The SMILES string of the molecule is O=C1CCCC1(c1ccccc1)c1ccccc1. The van der Waals surface area contributed by atoms with E-state index in [1.807, 2.05) is 36.4 Å². The summed E-state index contributed by atoms with van der Waals surface area (Å²) in [6.45, 7) is 0. The van der Waals surface area contributed by atoms with Crippen molar-refractivity contribution in [3.05, 3.63) is 71.8 Å². The molecule has 0 aliphatic heterocycles. The van der Waals surface area contributed by atoms with E-state index in [0.717, 1.165) is 24.0 Å². The van der Waals surface area contributed by atoms with Crippen LogP contribution in [0.1, 0.15) is 30.4 Å². The molecular formula is C17H16O. The summed E-state index contributed by atoms with van der Waals surface area (Å²) in [4.78, 5) is 12.5. The predicted octanol–water partition coefficient (Wildman–Crippen LogP) is 3.73. The van der Waals surface area contributed by atoms with E-state index < -0.39 is 5.41 Å². The van der Waals surface area contributed by atoms with Crippen LogP contribution in [0.25, 0.3) is 0 Å². The average Bonchev–Trinajstić information content (AvgIpc) is 2.84. The van der Waals surface area contributed by atoms with Gasteiger partial charge in [0.25, 0.3) is 0 Å². The summed E-state index contributed by atoms with van der Waals surface area (Å²) < 4.78 is 0. The van der Waals surface area contributed by atoms with Crippen LogP contribution in [0.3, 0.4) is 0 Å². The maximum Gasteiger partial charge on any atom is 0.147 e. The van der Waals surface area contributed by atoms with Gasteiger partial charge in [-0.05, 0) is 24.0 Å². The lowest BCUT2D eigenvalue weighted by Gasteiger charge is -2.28. The monoisotopic (exact) mass is 236 g/mol. The van der Waals surface area contributed by atoms with Crippen LogP contribution in [0.5, 0.6) is 0 Å². The number of carbonyl (C=O) groups excluding carboxylic acids is 1. The molecule has 3 rings (SSSR count). The highest BCUT2D eigenvalue weighted by atomic mass is 16.1. The molecule has 1 fully saturated rings. The van der Waals surface area contributed by atoms with Crippen molar-refractivity contribution in [3.63, 3.8) is 0 Å². The number of rotatable bonds is 2. The van der Waals surface area contributed by atoms with Crippen molar-refractivity contribution in [2.45, 2.75) is 24.7 Å². The molecule has 0 saturated heterocycles. The minimum atomic E-state index is -0.400. The van der Waals surface area contributed by atoms with E-state index >= 15 is 0 Å². The first-order chi connectivity index (χ1) is 8.84. The Morgan fingerprint density at radius 2 is 1.28 bits per heavy atom. The summed E-state index contributed by atoms with van der Waals surface area (Å²) in [6.07, 6.45) is 2.62. The maximum absolute atomic E-state index is 12.5. The standard InChI is InChI=1S/C17H16O/c18-16-12-7-13-17(16,14-8-3-1-4-9-14)15-10-5-2-6-11-15/h1-6,8-11H,7,12-13H2. The van der Waals surface area contributed by atoms with Gasteiger partial charge in [-0.15, -0.1) is 0 Å². The summed E-state index contributed by atoms with van der Waals surface area (Å²) in [5.74, 6) is 0.361. The average molecular weight is 236 g/mol. The first-order valence-corrected chi connectivity index (χ1v) is 6.48. The normalized spacial score (nSPS) is 17.9. The quantitative estimate of drug-likeness (QED) is 0.776. The largest absolute Gasteiger partial charge is 0.298 e. The molecule has 0 spiro atoms. The smallest absolute Gasteiger partial charge is 0.147 e. The van der Waals surface area contributed by atoms with E-state index in [1.165, 1.54) is 0 Å². The van der Waals surface area contributed by atoms with Gasteiger partial charge in [-0.2, -0.15) is 0 Å². The minimum absolute atomic E-state index is 0.361. The van der Waals surface area contributed by atoms with Gasteiger partial charge in [-0.1, -0.05) is 60.7 Å². The van der Waals surface area contributed by atoms with E-state index in [1.54, 1.807) is 0 Å². The zero-order valence-electron chi connectivity index (χ0n) is 10.3. The molecule has 1 saturated carbocycles. The number of benzene rings is 2. The molecule has 0 atom stereocenters. The fourth-order valence-electron chi connectivity index (χ4n) is 3.09. The van der Waals surface area contributed by atoms with Gasteiger partial charge in [0.2, 0.25) is 0 Å². The second-order valence-corrected chi connectivity index (χ2v) is 4.91. The van der Waals surface area contributed by atoms with Crippen molar-refractivity contribution in [2.24, 2.45) is 0 Å². The molecular weight excluding hydrogens is 220 g/mol. The van der Waals surface area contributed by atoms with Gasteiger partial charge >= 0.3 is 0 Å². The number of carbonyl (C=O) groups is 1. The van der Waals surface area contributed by atoms with Crippen LogP contribution in [0, 0.1) is 0 Å². The summed E-state index contributed by atoms with van der Waals surface area (Å²) in [5, 5.41) is 0. The lowest BCUT2D eigenvalue weighted by atomic mass is 9.72. The molecule has 0 amide bonds. The van der Waals surface area contributed by atoms with Gasteiger partial charge in [0, 0.05) is 6.42 Å². The van der Waals surface area contributed by atoms with Gasteiger partial charge in [0.15, 0.2) is 0 Å². The molecule has 2 aromatic rings. The van der Waals surface area contributed by atoms with Crippen LogP contribution >= 0.6 is 0 Å². The number of hydrogen-bond acceptors (Lipinski definition) is 1. The molecule has 1 heteroatoms. The highest BCUT2D eigenvalue weighted by Crippen LogP contribution is 2.43. The third-order valence-electron chi connectivity index (χ3n) is 3.96. The molecule has 0 heterocycles. The molecule has 0 bridgehead atoms. The Bertz CT molecular complexity index is 503. The number of ketones is 1. The van der Waals surface area contributed by atoms with Crippen molar-refractivity contribution >= 4 is 5.78 Å². The van der Waals surface area contributed by atoms with E-state index in [9.17, 15) is 4.79 Å². The molecule has 18 heavy (non-hydrogen) atoms. The molecule has 0 aromatic heterocycles. The topological polar surface area (TPSA) is 17.1 Å². The van der Waals surface area contributed by atoms with E-state index in [-0.39, 0.29) is 0 Å². The first kappa shape index (κ1) is 11.2. The Hall–Kier alpha value is -1.89. The summed E-state index contributed by atoms with van der Waals surface area (Å²) >= 11 is 0. The van der Waals surface area contributed by atoms with Crippen LogP contribution in [0.2, 0.25) is 0 Å². The zero-order valence-corrected chi connectivity index (χ0v) is 10.3. The van der Waals surface area contributed by atoms with Crippen LogP contribution in [-0.2, 0) is 10.2 Å². The Morgan fingerprint density at radius 3 is 1.67 bits per heavy atom. The fourth-order valence-corrected chi connectivity index (χ4v) is 3.09. The fraction of sp³-hybridized carbons (Fsp3) is 0.235. The van der Waals surface area contributed by atoms with Gasteiger partial charge in [-0.25, -0.2) is 0 Å². The lowest BCUT2D eigenvalue weighted by Crippen LogP contribution is -2.32. The highest BCUT2D eigenvalue weighted by molar-refractivity contribution is 5.95. The van der Waals surface area contributed by atoms with E-state index in [2.05, 4.69) is 24.3 Å². The number of Topliss-reactive ketones (excluding diaryl/α,β-unsaturated/α-hetero) is 1. The lowest BCUT2D eigenvalue weighted by molar-refractivity contribution is -0.120. The molecule has 1 nitrogen and oxygen atoms in total. The van der Waals surface area contributed by atoms with Gasteiger partial charge in [0.05, 0.1) is 5.41 Å². The van der Waals surface area contributed by atoms with Gasteiger partial charge in [-0.3, -0.25) is 4.79 Å².